The highest BCUT2D eigenvalue weighted by Crippen LogP contribution is 2.31. The van der Waals surface area contributed by atoms with E-state index >= 15 is 0 Å². The monoisotopic (exact) mass is 331 g/mol. The maximum atomic E-state index is 12.1. The minimum atomic E-state index is -0.793. The van der Waals surface area contributed by atoms with Crippen molar-refractivity contribution in [3.05, 3.63) is 27.7 Å². The lowest BCUT2D eigenvalue weighted by Crippen LogP contribution is -2.38. The van der Waals surface area contributed by atoms with Gasteiger partial charge in [0.25, 0.3) is 5.91 Å². The van der Waals surface area contributed by atoms with Crippen molar-refractivity contribution in [1.29, 1.82) is 0 Å². The Balaban J connectivity index is 2.01. The van der Waals surface area contributed by atoms with Crippen LogP contribution in [0, 0.1) is 5.92 Å². The second-order valence-electron chi connectivity index (χ2n) is 5.14. The number of carbonyl (C=O) groups is 2. The molecule has 1 aliphatic rings. The van der Waals surface area contributed by atoms with E-state index in [1.807, 2.05) is 0 Å². The Hall–Kier alpha value is -1.46. The van der Waals surface area contributed by atoms with E-state index in [0.717, 1.165) is 0 Å². The molecule has 0 aliphatic heterocycles. The van der Waals surface area contributed by atoms with Gasteiger partial charge in [-0.1, -0.05) is 23.2 Å². The second kappa shape index (κ2) is 6.54. The van der Waals surface area contributed by atoms with E-state index in [4.69, 9.17) is 28.3 Å². The van der Waals surface area contributed by atoms with Gasteiger partial charge in [0.2, 0.25) is 0 Å². The maximum Gasteiger partial charge on any atom is 0.306 e. The van der Waals surface area contributed by atoms with E-state index in [1.165, 1.54) is 12.1 Å². The smallest absolute Gasteiger partial charge is 0.306 e. The van der Waals surface area contributed by atoms with Crippen molar-refractivity contribution in [1.82, 2.24) is 5.32 Å². The molecule has 1 saturated carbocycles. The molecule has 0 bridgehead atoms. The summed E-state index contributed by atoms with van der Waals surface area (Å²) in [6.07, 6.45) is 2.25. The van der Waals surface area contributed by atoms with Gasteiger partial charge in [-0.3, -0.25) is 9.59 Å². The summed E-state index contributed by atoms with van der Waals surface area (Å²) in [5, 5.41) is 21.8. The number of nitrogens with one attached hydrogen (secondary N) is 1. The van der Waals surface area contributed by atoms with Crippen LogP contribution in [0.25, 0.3) is 0 Å². The molecule has 0 aromatic heterocycles. The van der Waals surface area contributed by atoms with E-state index in [0.29, 0.717) is 25.7 Å². The summed E-state index contributed by atoms with van der Waals surface area (Å²) >= 11 is 11.6. The second-order valence-corrected chi connectivity index (χ2v) is 5.99. The molecule has 0 heterocycles. The first-order chi connectivity index (χ1) is 9.88. The van der Waals surface area contributed by atoms with Crippen LogP contribution in [-0.4, -0.2) is 28.1 Å². The van der Waals surface area contributed by atoms with Gasteiger partial charge in [-0.15, -0.1) is 0 Å². The summed E-state index contributed by atoms with van der Waals surface area (Å²) in [5.74, 6) is -1.90. The highest BCUT2D eigenvalue weighted by atomic mass is 35.5. The van der Waals surface area contributed by atoms with Gasteiger partial charge in [0.05, 0.1) is 16.5 Å². The van der Waals surface area contributed by atoms with Crippen LogP contribution in [0.15, 0.2) is 12.1 Å². The largest absolute Gasteiger partial charge is 0.506 e. The van der Waals surface area contributed by atoms with Gasteiger partial charge in [0, 0.05) is 11.1 Å². The third-order valence-electron chi connectivity index (χ3n) is 3.68. The molecule has 0 spiro atoms. The predicted octanol–water partition coefficient (Wildman–Crippen LogP) is 3.07. The Morgan fingerprint density at radius 3 is 2.33 bits per heavy atom. The SMILES string of the molecule is O=C(NC1CCC(C(=O)O)CC1)c1cc(Cl)cc(Cl)c1O. The third-order valence-corrected chi connectivity index (χ3v) is 4.19. The summed E-state index contributed by atoms with van der Waals surface area (Å²) in [6, 6.07) is 2.60. The number of carboxylic acid groups (broad SMARTS) is 1. The standard InChI is InChI=1S/C14H15Cl2NO4/c15-8-5-10(12(18)11(16)6-8)13(19)17-9-3-1-7(2-4-9)14(20)21/h5-7,9,18H,1-4H2,(H,17,19)(H,20,21). The molecule has 0 saturated heterocycles. The van der Waals surface area contributed by atoms with Crippen LogP contribution in [0.5, 0.6) is 5.75 Å². The van der Waals surface area contributed by atoms with Gasteiger partial charge in [-0.05, 0) is 37.8 Å². The zero-order valence-electron chi connectivity index (χ0n) is 11.1. The molecule has 1 aliphatic carbocycles. The van der Waals surface area contributed by atoms with Crippen molar-refractivity contribution < 1.29 is 19.8 Å². The number of aliphatic carboxylic acids is 1. The molecule has 0 radical (unpaired) electrons. The summed E-state index contributed by atoms with van der Waals surface area (Å²) in [4.78, 5) is 23.0. The summed E-state index contributed by atoms with van der Waals surface area (Å²) in [6.45, 7) is 0. The van der Waals surface area contributed by atoms with Crippen LogP contribution in [0.4, 0.5) is 0 Å². The van der Waals surface area contributed by atoms with Crippen LogP contribution in [0.3, 0.4) is 0 Å². The molecule has 114 valence electrons. The normalized spacial score (nSPS) is 21.8. The predicted molar refractivity (Wildman–Crippen MR) is 79.0 cm³/mol. The molecule has 1 amide bonds. The van der Waals surface area contributed by atoms with Crippen molar-refractivity contribution in [2.24, 2.45) is 5.92 Å². The first-order valence-corrected chi connectivity index (χ1v) is 7.35. The van der Waals surface area contributed by atoms with Gasteiger partial charge < -0.3 is 15.5 Å². The lowest BCUT2D eigenvalue weighted by Gasteiger charge is -2.27. The fourth-order valence-corrected chi connectivity index (χ4v) is 2.98. The molecule has 7 heteroatoms. The van der Waals surface area contributed by atoms with E-state index < -0.39 is 11.9 Å². The van der Waals surface area contributed by atoms with Crippen molar-refractivity contribution >= 4 is 35.1 Å². The number of rotatable bonds is 3. The number of carboxylic acids is 1. The maximum absolute atomic E-state index is 12.1. The lowest BCUT2D eigenvalue weighted by molar-refractivity contribution is -0.142. The van der Waals surface area contributed by atoms with Gasteiger partial charge >= 0.3 is 5.97 Å². The molecule has 1 aromatic rings. The molecule has 0 unspecified atom stereocenters. The minimum absolute atomic E-state index is 0.0160. The summed E-state index contributed by atoms with van der Waals surface area (Å²) in [5.41, 5.74) is 0.0212. The number of phenolic OH excluding ortho intramolecular Hbond substituents is 1. The molecule has 5 nitrogen and oxygen atoms in total. The number of carbonyl (C=O) groups excluding carboxylic acids is 1. The van der Waals surface area contributed by atoms with E-state index in [1.54, 1.807) is 0 Å². The average Bonchev–Trinajstić information content (AvgIpc) is 2.43. The Labute approximate surface area is 131 Å². The Morgan fingerprint density at radius 2 is 1.76 bits per heavy atom. The first kappa shape index (κ1) is 15.9. The molecule has 3 N–H and O–H groups in total. The molecule has 1 fully saturated rings. The van der Waals surface area contributed by atoms with E-state index in [-0.39, 0.29) is 33.3 Å². The van der Waals surface area contributed by atoms with E-state index in [2.05, 4.69) is 5.32 Å². The van der Waals surface area contributed by atoms with Crippen LogP contribution in [-0.2, 0) is 4.79 Å². The number of halogens is 2. The number of hydrogen-bond acceptors (Lipinski definition) is 3. The van der Waals surface area contributed by atoms with Crippen molar-refractivity contribution in [3.8, 4) is 5.75 Å². The molecule has 1 aromatic carbocycles. The number of phenols is 1. The minimum Gasteiger partial charge on any atom is -0.506 e. The highest BCUT2D eigenvalue weighted by molar-refractivity contribution is 6.36. The molecule has 2 rings (SSSR count). The lowest BCUT2D eigenvalue weighted by atomic mass is 9.86. The number of benzene rings is 1. The Bertz CT molecular complexity index is 568. The van der Waals surface area contributed by atoms with Crippen molar-refractivity contribution in [2.75, 3.05) is 0 Å². The number of amides is 1. The van der Waals surface area contributed by atoms with Gasteiger partial charge in [0.15, 0.2) is 0 Å². The zero-order valence-corrected chi connectivity index (χ0v) is 12.6. The van der Waals surface area contributed by atoms with Crippen molar-refractivity contribution in [2.45, 2.75) is 31.7 Å². The van der Waals surface area contributed by atoms with Crippen LogP contribution < -0.4 is 5.32 Å². The van der Waals surface area contributed by atoms with E-state index in [9.17, 15) is 14.7 Å². The van der Waals surface area contributed by atoms with Crippen molar-refractivity contribution in [3.63, 3.8) is 0 Å². The zero-order chi connectivity index (χ0) is 15.6. The number of hydrogen-bond donors (Lipinski definition) is 3. The van der Waals surface area contributed by atoms with Gasteiger partial charge in [0.1, 0.15) is 5.75 Å². The van der Waals surface area contributed by atoms with Crippen LogP contribution in [0.1, 0.15) is 36.0 Å². The highest BCUT2D eigenvalue weighted by Gasteiger charge is 2.27. The van der Waals surface area contributed by atoms with Crippen LogP contribution >= 0.6 is 23.2 Å². The molecular weight excluding hydrogens is 317 g/mol. The van der Waals surface area contributed by atoms with Crippen LogP contribution in [0.2, 0.25) is 10.0 Å². The molecule has 0 atom stereocenters. The first-order valence-electron chi connectivity index (χ1n) is 6.60. The Morgan fingerprint density at radius 1 is 1.14 bits per heavy atom. The fraction of sp³-hybridized carbons (Fsp3) is 0.429. The molecular formula is C14H15Cl2NO4. The third kappa shape index (κ3) is 3.80. The summed E-state index contributed by atoms with van der Waals surface area (Å²) in [7, 11) is 0. The van der Waals surface area contributed by atoms with Gasteiger partial charge in [-0.2, -0.15) is 0 Å². The molecule has 21 heavy (non-hydrogen) atoms. The van der Waals surface area contributed by atoms with Gasteiger partial charge in [-0.25, -0.2) is 0 Å². The number of aromatic hydroxyl groups is 1. The quantitative estimate of drug-likeness (QED) is 0.794. The average molecular weight is 332 g/mol. The Kier molecular flexibility index (Phi) is 4.96. The topological polar surface area (TPSA) is 86.6 Å². The fourth-order valence-electron chi connectivity index (χ4n) is 2.49. The summed E-state index contributed by atoms with van der Waals surface area (Å²) < 4.78 is 0.